The molecule has 0 heterocycles. The average Bonchev–Trinajstić information content (AvgIpc) is 2.56. The van der Waals surface area contributed by atoms with Gasteiger partial charge in [0.1, 0.15) is 11.5 Å². The van der Waals surface area contributed by atoms with Crippen molar-refractivity contribution in [1.82, 2.24) is 0 Å². The first-order chi connectivity index (χ1) is 11.9. The van der Waals surface area contributed by atoms with Crippen LogP contribution in [0.25, 0.3) is 0 Å². The minimum Gasteiger partial charge on any atom is -0.481 e. The largest absolute Gasteiger partial charge is 0.481 e. The highest BCUT2D eigenvalue weighted by Gasteiger charge is 2.19. The van der Waals surface area contributed by atoms with Crippen LogP contribution in [-0.4, -0.2) is 29.1 Å². The number of amides is 1. The predicted molar refractivity (Wildman–Crippen MR) is 89.9 cm³/mol. The minimum atomic E-state index is -1.26. The maximum absolute atomic E-state index is 12.2. The Kier molecular flexibility index (Phi) is 5.73. The van der Waals surface area contributed by atoms with Crippen molar-refractivity contribution in [2.24, 2.45) is 0 Å². The van der Waals surface area contributed by atoms with Gasteiger partial charge in [-0.3, -0.25) is 9.59 Å². The Morgan fingerprint density at radius 1 is 1.04 bits per heavy atom. The fourth-order valence-electron chi connectivity index (χ4n) is 2.03. The maximum Gasteiger partial charge on any atom is 0.337 e. The molecule has 2 rings (SSSR count). The van der Waals surface area contributed by atoms with Gasteiger partial charge in [0.25, 0.3) is 5.91 Å². The topological polar surface area (TPSA) is 102 Å². The van der Waals surface area contributed by atoms with Crippen molar-refractivity contribution in [3.05, 3.63) is 54.1 Å². The molecule has 0 bridgehead atoms. The van der Waals surface area contributed by atoms with E-state index >= 15 is 0 Å². The van der Waals surface area contributed by atoms with Crippen molar-refractivity contribution in [2.45, 2.75) is 20.0 Å². The van der Waals surface area contributed by atoms with Gasteiger partial charge in [-0.2, -0.15) is 0 Å². The van der Waals surface area contributed by atoms with E-state index in [1.54, 1.807) is 31.2 Å². The third-order valence-electron chi connectivity index (χ3n) is 3.17. The fourth-order valence-corrected chi connectivity index (χ4v) is 2.03. The Morgan fingerprint density at radius 2 is 1.72 bits per heavy atom. The SMILES string of the molecule is CC(=O)Oc1ccc(NC(=O)C(C)Oc2ccccc2)c(C(=O)O)c1. The number of aromatic carboxylic acids is 1. The highest BCUT2D eigenvalue weighted by molar-refractivity contribution is 6.02. The monoisotopic (exact) mass is 343 g/mol. The Bertz CT molecular complexity index is 787. The van der Waals surface area contributed by atoms with Crippen LogP contribution in [0.1, 0.15) is 24.2 Å². The molecule has 0 aliphatic rings. The van der Waals surface area contributed by atoms with Gasteiger partial charge in [0, 0.05) is 6.92 Å². The molecule has 0 aliphatic heterocycles. The molecular weight excluding hydrogens is 326 g/mol. The van der Waals surface area contributed by atoms with Crippen LogP contribution in [0.3, 0.4) is 0 Å². The summed E-state index contributed by atoms with van der Waals surface area (Å²) in [5.74, 6) is -1.74. The normalized spacial score (nSPS) is 11.3. The highest BCUT2D eigenvalue weighted by Crippen LogP contribution is 2.23. The third-order valence-corrected chi connectivity index (χ3v) is 3.17. The lowest BCUT2D eigenvalue weighted by molar-refractivity contribution is -0.131. The van der Waals surface area contributed by atoms with Crippen LogP contribution in [0.5, 0.6) is 11.5 Å². The van der Waals surface area contributed by atoms with Crippen molar-refractivity contribution >= 4 is 23.5 Å². The lowest BCUT2D eigenvalue weighted by Gasteiger charge is -2.16. The number of benzene rings is 2. The van der Waals surface area contributed by atoms with Crippen LogP contribution in [-0.2, 0) is 9.59 Å². The van der Waals surface area contributed by atoms with E-state index in [0.29, 0.717) is 5.75 Å². The van der Waals surface area contributed by atoms with E-state index in [2.05, 4.69) is 5.32 Å². The zero-order chi connectivity index (χ0) is 18.4. The second-order valence-electron chi connectivity index (χ2n) is 5.17. The summed E-state index contributed by atoms with van der Waals surface area (Å²) in [4.78, 5) is 34.6. The van der Waals surface area contributed by atoms with Gasteiger partial charge in [-0.05, 0) is 37.3 Å². The summed E-state index contributed by atoms with van der Waals surface area (Å²) in [7, 11) is 0. The number of hydrogen-bond donors (Lipinski definition) is 2. The summed E-state index contributed by atoms with van der Waals surface area (Å²) >= 11 is 0. The number of nitrogens with one attached hydrogen (secondary N) is 1. The van der Waals surface area contributed by atoms with Gasteiger partial charge in [-0.1, -0.05) is 18.2 Å². The van der Waals surface area contributed by atoms with Crippen molar-refractivity contribution in [2.75, 3.05) is 5.32 Å². The summed E-state index contributed by atoms with van der Waals surface area (Å²) in [6, 6.07) is 12.7. The molecule has 0 spiro atoms. The van der Waals surface area contributed by atoms with E-state index in [0.717, 1.165) is 0 Å². The van der Waals surface area contributed by atoms with Crippen molar-refractivity contribution in [3.8, 4) is 11.5 Å². The summed E-state index contributed by atoms with van der Waals surface area (Å²) in [6.07, 6.45) is -0.836. The standard InChI is InChI=1S/C18H17NO6/c1-11(24-13-6-4-3-5-7-13)17(21)19-16-9-8-14(25-12(2)20)10-15(16)18(22)23/h3-11H,1-2H3,(H,19,21)(H,22,23). The molecule has 7 heteroatoms. The molecule has 0 aliphatic carbocycles. The third kappa shape index (κ3) is 5.07. The van der Waals surface area contributed by atoms with Crippen molar-refractivity contribution < 1.29 is 29.0 Å². The molecule has 0 radical (unpaired) electrons. The number of carbonyl (C=O) groups is 3. The zero-order valence-electron chi connectivity index (χ0n) is 13.7. The van der Waals surface area contributed by atoms with Crippen LogP contribution in [0.2, 0.25) is 0 Å². The molecule has 2 aromatic carbocycles. The van der Waals surface area contributed by atoms with E-state index in [4.69, 9.17) is 9.47 Å². The van der Waals surface area contributed by atoms with Crippen molar-refractivity contribution in [3.63, 3.8) is 0 Å². The van der Waals surface area contributed by atoms with Gasteiger partial charge < -0.3 is 19.9 Å². The molecule has 130 valence electrons. The van der Waals surface area contributed by atoms with Gasteiger partial charge in [-0.25, -0.2) is 4.79 Å². The molecule has 0 saturated carbocycles. The lowest BCUT2D eigenvalue weighted by atomic mass is 10.1. The lowest BCUT2D eigenvalue weighted by Crippen LogP contribution is -2.30. The van der Waals surface area contributed by atoms with E-state index in [9.17, 15) is 19.5 Å². The van der Waals surface area contributed by atoms with Gasteiger partial charge in [0.2, 0.25) is 0 Å². The highest BCUT2D eigenvalue weighted by atomic mass is 16.5. The van der Waals surface area contributed by atoms with Crippen LogP contribution >= 0.6 is 0 Å². The molecule has 0 aromatic heterocycles. The summed E-state index contributed by atoms with van der Waals surface area (Å²) < 4.78 is 10.3. The van der Waals surface area contributed by atoms with E-state index in [1.165, 1.54) is 25.1 Å². The number of esters is 1. The molecular formula is C18H17NO6. The van der Waals surface area contributed by atoms with E-state index < -0.39 is 23.9 Å². The Morgan fingerprint density at radius 3 is 2.32 bits per heavy atom. The average molecular weight is 343 g/mol. The van der Waals surface area contributed by atoms with E-state index in [-0.39, 0.29) is 17.0 Å². The van der Waals surface area contributed by atoms with Gasteiger partial charge >= 0.3 is 11.9 Å². The number of hydrogen-bond acceptors (Lipinski definition) is 5. The van der Waals surface area contributed by atoms with Crippen LogP contribution in [0.4, 0.5) is 5.69 Å². The number of carboxylic acid groups (broad SMARTS) is 1. The number of para-hydroxylation sites is 1. The van der Waals surface area contributed by atoms with Gasteiger partial charge in [0.15, 0.2) is 6.10 Å². The molecule has 25 heavy (non-hydrogen) atoms. The molecule has 2 N–H and O–H groups in total. The van der Waals surface area contributed by atoms with Crippen LogP contribution < -0.4 is 14.8 Å². The smallest absolute Gasteiger partial charge is 0.337 e. The summed E-state index contributed by atoms with van der Waals surface area (Å²) in [5.41, 5.74) is -0.115. The molecule has 1 unspecified atom stereocenters. The summed E-state index contributed by atoms with van der Waals surface area (Å²) in [5, 5.41) is 11.8. The number of ether oxygens (including phenoxy) is 2. The van der Waals surface area contributed by atoms with Gasteiger partial charge in [-0.15, -0.1) is 0 Å². The number of rotatable bonds is 6. The minimum absolute atomic E-state index is 0.0801. The first kappa shape index (κ1) is 18.0. The first-order valence-electron chi connectivity index (χ1n) is 7.45. The van der Waals surface area contributed by atoms with Crippen molar-refractivity contribution in [1.29, 1.82) is 0 Å². The first-order valence-corrected chi connectivity index (χ1v) is 7.45. The molecule has 1 atom stereocenters. The molecule has 0 fully saturated rings. The molecule has 0 saturated heterocycles. The van der Waals surface area contributed by atoms with Gasteiger partial charge in [0.05, 0.1) is 11.3 Å². The fraction of sp³-hybridized carbons (Fsp3) is 0.167. The Labute approximate surface area is 144 Å². The van der Waals surface area contributed by atoms with Crippen LogP contribution in [0.15, 0.2) is 48.5 Å². The molecule has 2 aromatic rings. The number of anilines is 1. The Hall–Kier alpha value is -3.35. The Balaban J connectivity index is 2.13. The summed E-state index contributed by atoms with van der Waals surface area (Å²) in [6.45, 7) is 2.76. The second-order valence-corrected chi connectivity index (χ2v) is 5.17. The van der Waals surface area contributed by atoms with E-state index in [1.807, 2.05) is 6.07 Å². The quantitative estimate of drug-likeness (QED) is 0.618. The molecule has 1 amide bonds. The number of carboxylic acids is 1. The second kappa shape index (κ2) is 7.96. The zero-order valence-corrected chi connectivity index (χ0v) is 13.7. The van der Waals surface area contributed by atoms with Crippen LogP contribution in [0, 0.1) is 0 Å². The number of carbonyl (C=O) groups excluding carboxylic acids is 2. The maximum atomic E-state index is 12.2. The molecule has 7 nitrogen and oxygen atoms in total. The predicted octanol–water partition coefficient (Wildman–Crippen LogP) is 2.72.